The summed E-state index contributed by atoms with van der Waals surface area (Å²) in [4.78, 5) is 21.9. The fourth-order valence-corrected chi connectivity index (χ4v) is 1.31. The predicted molar refractivity (Wildman–Crippen MR) is 60.0 cm³/mol. The number of aliphatic carboxylic acids is 1. The van der Waals surface area contributed by atoms with Crippen molar-refractivity contribution >= 4 is 11.9 Å². The summed E-state index contributed by atoms with van der Waals surface area (Å²) in [6.45, 7) is 1.80. The van der Waals surface area contributed by atoms with E-state index in [1.807, 2.05) is 0 Å². The molecule has 2 atom stereocenters. The van der Waals surface area contributed by atoms with Crippen LogP contribution in [0.2, 0.25) is 0 Å². The van der Waals surface area contributed by atoms with Gasteiger partial charge in [0.15, 0.2) is 0 Å². The van der Waals surface area contributed by atoms with Crippen LogP contribution in [-0.4, -0.2) is 33.2 Å². The van der Waals surface area contributed by atoms with Crippen molar-refractivity contribution < 1.29 is 14.7 Å². The average molecular weight is 240 g/mol. The Hall–Kier alpha value is -1.89. The number of carbonyl (C=O) groups is 2. The van der Waals surface area contributed by atoms with Crippen LogP contribution >= 0.6 is 0 Å². The van der Waals surface area contributed by atoms with Crippen LogP contribution in [-0.2, 0) is 9.59 Å². The minimum Gasteiger partial charge on any atom is -0.481 e. The van der Waals surface area contributed by atoms with Gasteiger partial charge in [-0.1, -0.05) is 0 Å². The molecule has 7 nitrogen and oxygen atoms in total. The highest BCUT2D eigenvalue weighted by molar-refractivity contribution is 5.82. The van der Waals surface area contributed by atoms with E-state index in [9.17, 15) is 9.59 Å². The number of nitrogens with two attached hydrogens (primary N) is 1. The molecule has 0 saturated heterocycles. The van der Waals surface area contributed by atoms with Crippen LogP contribution in [0.3, 0.4) is 0 Å². The number of hydrogen-bond acceptors (Lipinski definition) is 4. The van der Waals surface area contributed by atoms with Crippen molar-refractivity contribution in [2.45, 2.75) is 31.8 Å². The molecule has 0 fully saturated rings. The number of carboxylic acid groups (broad SMARTS) is 1. The van der Waals surface area contributed by atoms with Crippen molar-refractivity contribution in [2.24, 2.45) is 5.73 Å². The molecule has 17 heavy (non-hydrogen) atoms. The number of hydrogen-bond donors (Lipinski definition) is 4. The summed E-state index contributed by atoms with van der Waals surface area (Å²) >= 11 is 0. The van der Waals surface area contributed by atoms with E-state index in [4.69, 9.17) is 10.8 Å². The molecule has 0 aliphatic carbocycles. The molecule has 0 aliphatic rings. The number of amides is 1. The Balaban J connectivity index is 2.40. The van der Waals surface area contributed by atoms with E-state index in [0.29, 0.717) is 0 Å². The lowest BCUT2D eigenvalue weighted by Crippen LogP contribution is -2.41. The first-order chi connectivity index (χ1) is 8.00. The molecular formula is C10H16N4O3. The van der Waals surface area contributed by atoms with Crippen molar-refractivity contribution in [2.75, 3.05) is 0 Å². The van der Waals surface area contributed by atoms with E-state index in [1.165, 1.54) is 0 Å². The van der Waals surface area contributed by atoms with Gasteiger partial charge in [-0.05, 0) is 13.3 Å². The topological polar surface area (TPSA) is 121 Å². The largest absolute Gasteiger partial charge is 0.481 e. The van der Waals surface area contributed by atoms with Gasteiger partial charge in [0.2, 0.25) is 5.91 Å². The number of rotatable bonds is 6. The number of nitrogens with zero attached hydrogens (tertiary/aromatic N) is 1. The third-order valence-corrected chi connectivity index (χ3v) is 2.38. The molecule has 0 aromatic carbocycles. The number of nitrogens with one attached hydrogen (secondary N) is 2. The number of H-pyrrole nitrogens is 1. The molecule has 0 bridgehead atoms. The zero-order valence-electron chi connectivity index (χ0n) is 9.51. The van der Waals surface area contributed by atoms with Gasteiger partial charge in [0, 0.05) is 18.2 Å². The van der Waals surface area contributed by atoms with Gasteiger partial charge >= 0.3 is 5.97 Å². The van der Waals surface area contributed by atoms with Crippen LogP contribution in [0.15, 0.2) is 12.4 Å². The van der Waals surface area contributed by atoms with Gasteiger partial charge in [-0.25, -0.2) is 0 Å². The maximum absolute atomic E-state index is 11.6. The van der Waals surface area contributed by atoms with E-state index in [0.717, 1.165) is 5.56 Å². The number of carboxylic acids is 1. The van der Waals surface area contributed by atoms with Gasteiger partial charge in [0.05, 0.1) is 18.3 Å². The zero-order valence-corrected chi connectivity index (χ0v) is 9.51. The van der Waals surface area contributed by atoms with Gasteiger partial charge in [-0.15, -0.1) is 0 Å². The van der Waals surface area contributed by atoms with Crippen LogP contribution in [0.5, 0.6) is 0 Å². The highest BCUT2D eigenvalue weighted by atomic mass is 16.4. The van der Waals surface area contributed by atoms with Crippen molar-refractivity contribution in [3.05, 3.63) is 18.0 Å². The Morgan fingerprint density at radius 3 is 2.88 bits per heavy atom. The lowest BCUT2D eigenvalue weighted by molar-refractivity contribution is -0.137. The molecule has 1 aromatic rings. The maximum Gasteiger partial charge on any atom is 0.303 e. The van der Waals surface area contributed by atoms with Gasteiger partial charge in [0.25, 0.3) is 0 Å². The summed E-state index contributed by atoms with van der Waals surface area (Å²) in [6, 6.07) is -1.02. The summed E-state index contributed by atoms with van der Waals surface area (Å²) < 4.78 is 0. The summed E-state index contributed by atoms with van der Waals surface area (Å²) in [7, 11) is 0. The summed E-state index contributed by atoms with van der Waals surface area (Å²) in [5.74, 6) is -1.32. The monoisotopic (exact) mass is 240 g/mol. The molecule has 0 aliphatic heterocycles. The number of aromatic nitrogens is 2. The van der Waals surface area contributed by atoms with Gasteiger partial charge in [-0.2, -0.15) is 5.10 Å². The molecule has 7 heteroatoms. The second kappa shape index (κ2) is 6.00. The van der Waals surface area contributed by atoms with E-state index < -0.39 is 12.0 Å². The standard InChI is InChI=1S/C10H16N4O3/c1-6(7-4-12-13-5-7)14-10(17)8(11)2-3-9(15)16/h4-6,8H,2-3,11H2,1H3,(H,12,13)(H,14,17)(H,15,16). The average Bonchev–Trinajstić information content (AvgIpc) is 2.78. The Labute approximate surface area is 98.4 Å². The minimum atomic E-state index is -0.962. The molecule has 1 aromatic heterocycles. The Morgan fingerprint density at radius 1 is 1.65 bits per heavy atom. The molecule has 94 valence electrons. The van der Waals surface area contributed by atoms with E-state index in [1.54, 1.807) is 19.3 Å². The normalized spacial score (nSPS) is 14.0. The van der Waals surface area contributed by atoms with Crippen LogP contribution in [0.25, 0.3) is 0 Å². The van der Waals surface area contributed by atoms with Gasteiger partial charge in [0.1, 0.15) is 0 Å². The molecule has 0 saturated carbocycles. The highest BCUT2D eigenvalue weighted by Gasteiger charge is 2.17. The second-order valence-corrected chi connectivity index (χ2v) is 3.80. The lowest BCUT2D eigenvalue weighted by Gasteiger charge is -2.15. The van der Waals surface area contributed by atoms with Gasteiger partial charge in [-0.3, -0.25) is 14.7 Å². The quantitative estimate of drug-likeness (QED) is 0.547. The fourth-order valence-electron chi connectivity index (χ4n) is 1.31. The van der Waals surface area contributed by atoms with Crippen LogP contribution < -0.4 is 11.1 Å². The third kappa shape index (κ3) is 4.23. The van der Waals surface area contributed by atoms with E-state index >= 15 is 0 Å². The SMILES string of the molecule is CC(NC(=O)C(N)CCC(=O)O)c1cn[nH]c1. The van der Waals surface area contributed by atoms with Crippen molar-refractivity contribution in [3.8, 4) is 0 Å². The molecule has 1 heterocycles. The molecular weight excluding hydrogens is 224 g/mol. The van der Waals surface area contributed by atoms with Crippen LogP contribution in [0.4, 0.5) is 0 Å². The Kier molecular flexibility index (Phi) is 4.65. The minimum absolute atomic E-state index is 0.116. The maximum atomic E-state index is 11.6. The van der Waals surface area contributed by atoms with E-state index in [-0.39, 0.29) is 24.8 Å². The molecule has 1 rings (SSSR count). The fraction of sp³-hybridized carbons (Fsp3) is 0.500. The third-order valence-electron chi connectivity index (χ3n) is 2.38. The molecule has 1 amide bonds. The summed E-state index contributed by atoms with van der Waals surface area (Å²) in [5, 5.41) is 17.6. The molecule has 5 N–H and O–H groups in total. The van der Waals surface area contributed by atoms with Crippen molar-refractivity contribution in [1.29, 1.82) is 0 Å². The Morgan fingerprint density at radius 2 is 2.35 bits per heavy atom. The lowest BCUT2D eigenvalue weighted by atomic mass is 10.1. The van der Waals surface area contributed by atoms with Crippen LogP contribution in [0.1, 0.15) is 31.4 Å². The summed E-state index contributed by atoms with van der Waals surface area (Å²) in [5.41, 5.74) is 6.41. The first-order valence-corrected chi connectivity index (χ1v) is 5.27. The first-order valence-electron chi connectivity index (χ1n) is 5.27. The van der Waals surface area contributed by atoms with Crippen molar-refractivity contribution in [3.63, 3.8) is 0 Å². The second-order valence-electron chi connectivity index (χ2n) is 3.80. The zero-order chi connectivity index (χ0) is 12.8. The smallest absolute Gasteiger partial charge is 0.303 e. The number of aromatic amines is 1. The number of carbonyl (C=O) groups excluding carboxylic acids is 1. The van der Waals surface area contributed by atoms with E-state index in [2.05, 4.69) is 15.5 Å². The predicted octanol–water partition coefficient (Wildman–Crippen LogP) is -0.221. The molecule has 2 unspecified atom stereocenters. The van der Waals surface area contributed by atoms with Crippen LogP contribution in [0, 0.1) is 0 Å². The van der Waals surface area contributed by atoms with Gasteiger partial charge < -0.3 is 16.2 Å². The molecule has 0 radical (unpaired) electrons. The first kappa shape index (κ1) is 13.2. The molecule has 0 spiro atoms. The highest BCUT2D eigenvalue weighted by Crippen LogP contribution is 2.09. The Bertz CT molecular complexity index is 377. The summed E-state index contributed by atoms with van der Waals surface area (Å²) in [6.07, 6.45) is 3.29. The van der Waals surface area contributed by atoms with Crippen molar-refractivity contribution in [1.82, 2.24) is 15.5 Å².